The summed E-state index contributed by atoms with van der Waals surface area (Å²) in [5.41, 5.74) is 3.96. The Hall–Kier alpha value is -3.48. The van der Waals surface area contributed by atoms with E-state index in [2.05, 4.69) is 11.8 Å². The van der Waals surface area contributed by atoms with Crippen LogP contribution < -0.4 is 9.47 Å². The van der Waals surface area contributed by atoms with Crippen molar-refractivity contribution in [2.24, 2.45) is 0 Å². The molecule has 3 aromatic rings. The molecule has 0 bridgehead atoms. The Kier molecular flexibility index (Phi) is 6.41. The van der Waals surface area contributed by atoms with E-state index < -0.39 is 5.60 Å². The molecule has 3 atom stereocenters. The maximum absolute atomic E-state index is 10.2. The van der Waals surface area contributed by atoms with Gasteiger partial charge in [0.25, 0.3) is 0 Å². The van der Waals surface area contributed by atoms with Gasteiger partial charge in [0.2, 0.25) is 0 Å². The van der Waals surface area contributed by atoms with Crippen LogP contribution in [-0.2, 0) is 0 Å². The minimum atomic E-state index is -0.619. The van der Waals surface area contributed by atoms with E-state index in [4.69, 9.17) is 9.47 Å². The van der Waals surface area contributed by atoms with Crippen LogP contribution in [0.15, 0.2) is 66.7 Å². The fraction of sp³-hybridized carbons (Fsp3) is 0.333. The van der Waals surface area contributed by atoms with Crippen molar-refractivity contribution in [3.05, 3.63) is 83.4 Å². The van der Waals surface area contributed by atoms with Crippen LogP contribution in [-0.4, -0.2) is 51.6 Å². The fourth-order valence-corrected chi connectivity index (χ4v) is 5.13. The Balaban J connectivity index is 1.39. The van der Waals surface area contributed by atoms with Gasteiger partial charge in [0, 0.05) is 30.3 Å². The third-order valence-corrected chi connectivity index (χ3v) is 7.21. The molecule has 0 saturated carbocycles. The van der Waals surface area contributed by atoms with Crippen LogP contribution in [0.25, 0.3) is 11.1 Å². The first-order valence-electron chi connectivity index (χ1n) is 12.4. The zero-order valence-corrected chi connectivity index (χ0v) is 20.9. The average Bonchev–Trinajstić information content (AvgIpc) is 3.23. The van der Waals surface area contributed by atoms with Crippen LogP contribution in [0.1, 0.15) is 50.0 Å². The first-order chi connectivity index (χ1) is 17.2. The number of hydrogen-bond acceptors (Lipinski definition) is 6. The highest BCUT2D eigenvalue weighted by molar-refractivity contribution is 5.95. The number of nitrogens with zero attached hydrogens (tertiary/aromatic N) is 1. The van der Waals surface area contributed by atoms with Crippen molar-refractivity contribution in [2.75, 3.05) is 19.7 Å². The lowest BCUT2D eigenvalue weighted by molar-refractivity contribution is 0.0586. The number of β-amino-alcohol motifs (C(OH)–C–C–N with tert-alkyl or cyclic N) is 1. The van der Waals surface area contributed by atoms with Crippen LogP contribution in [0.3, 0.4) is 0 Å². The van der Waals surface area contributed by atoms with E-state index in [9.17, 15) is 15.3 Å². The molecule has 1 saturated heterocycles. The summed E-state index contributed by atoms with van der Waals surface area (Å²) in [6.45, 7) is 8.10. The number of benzene rings is 3. The number of ether oxygens (including phenoxy) is 2. The Morgan fingerprint density at radius 2 is 1.81 bits per heavy atom. The van der Waals surface area contributed by atoms with E-state index >= 15 is 0 Å². The lowest BCUT2D eigenvalue weighted by atomic mass is 9.86. The second-order valence-electron chi connectivity index (χ2n) is 10.2. The number of phenolic OH excluding ortho intramolecular Hbond substituents is 2. The topological polar surface area (TPSA) is 82.4 Å². The third kappa shape index (κ3) is 4.92. The molecule has 0 spiro atoms. The molecule has 0 aromatic heterocycles. The molecule has 2 heterocycles. The van der Waals surface area contributed by atoms with E-state index in [1.807, 2.05) is 50.2 Å². The molecule has 188 valence electrons. The summed E-state index contributed by atoms with van der Waals surface area (Å²) in [6, 6.07) is 20.4. The molecule has 3 aromatic carbocycles. The van der Waals surface area contributed by atoms with E-state index in [1.54, 1.807) is 30.3 Å². The Bertz CT molecular complexity index is 1280. The summed E-state index contributed by atoms with van der Waals surface area (Å²) < 4.78 is 12.5. The molecule has 2 aliphatic rings. The number of likely N-dealkylation sites (tertiary alicyclic amines) is 1. The molecule has 0 radical (unpaired) electrons. The van der Waals surface area contributed by atoms with E-state index in [-0.39, 0.29) is 23.6 Å². The van der Waals surface area contributed by atoms with E-state index in [0.717, 1.165) is 46.6 Å². The van der Waals surface area contributed by atoms with Gasteiger partial charge in [-0.2, -0.15) is 0 Å². The summed E-state index contributed by atoms with van der Waals surface area (Å²) in [5, 5.41) is 30.4. The molecule has 5 rings (SSSR count). The first kappa shape index (κ1) is 24.2. The quantitative estimate of drug-likeness (QED) is 0.433. The van der Waals surface area contributed by atoms with Gasteiger partial charge in [-0.1, -0.05) is 24.3 Å². The van der Waals surface area contributed by atoms with E-state index in [1.165, 1.54) is 0 Å². The fourth-order valence-electron chi connectivity index (χ4n) is 5.13. The van der Waals surface area contributed by atoms with Gasteiger partial charge >= 0.3 is 0 Å². The predicted octanol–water partition coefficient (Wildman–Crippen LogP) is 5.39. The Morgan fingerprint density at radius 1 is 1.06 bits per heavy atom. The van der Waals surface area contributed by atoms with Crippen molar-refractivity contribution >= 4 is 11.1 Å². The minimum Gasteiger partial charge on any atom is -0.508 e. The van der Waals surface area contributed by atoms with E-state index in [0.29, 0.717) is 18.9 Å². The molecule has 0 amide bonds. The largest absolute Gasteiger partial charge is 0.508 e. The summed E-state index contributed by atoms with van der Waals surface area (Å²) in [4.78, 5) is 2.26. The van der Waals surface area contributed by atoms with Crippen molar-refractivity contribution in [1.29, 1.82) is 0 Å². The number of rotatable bonds is 6. The molecule has 2 aliphatic heterocycles. The lowest BCUT2D eigenvalue weighted by Crippen LogP contribution is -2.38. The molecule has 1 fully saturated rings. The Labute approximate surface area is 212 Å². The molecule has 3 N–H and O–H groups in total. The number of aliphatic hydroxyl groups is 1. The zero-order valence-electron chi connectivity index (χ0n) is 20.9. The van der Waals surface area contributed by atoms with Crippen molar-refractivity contribution in [3.63, 3.8) is 0 Å². The Morgan fingerprint density at radius 3 is 2.50 bits per heavy atom. The summed E-state index contributed by atoms with van der Waals surface area (Å²) in [5.74, 6) is 1.84. The zero-order chi connectivity index (χ0) is 25.4. The molecule has 6 heteroatoms. The summed E-state index contributed by atoms with van der Waals surface area (Å²) in [6.07, 6.45) is 0.397. The van der Waals surface area contributed by atoms with Gasteiger partial charge in [0.15, 0.2) is 0 Å². The van der Waals surface area contributed by atoms with Gasteiger partial charge < -0.3 is 24.8 Å². The number of phenols is 2. The van der Waals surface area contributed by atoms with Gasteiger partial charge in [-0.05, 0) is 86.4 Å². The van der Waals surface area contributed by atoms with Crippen LogP contribution in [0.2, 0.25) is 0 Å². The second-order valence-corrected chi connectivity index (χ2v) is 10.2. The lowest BCUT2D eigenvalue weighted by Gasteiger charge is -2.31. The predicted molar refractivity (Wildman–Crippen MR) is 140 cm³/mol. The maximum atomic E-state index is 10.2. The van der Waals surface area contributed by atoms with Gasteiger partial charge in [-0.3, -0.25) is 4.90 Å². The number of hydrogen-bond donors (Lipinski definition) is 3. The molecule has 36 heavy (non-hydrogen) atoms. The molecular weight excluding hydrogens is 454 g/mol. The van der Waals surface area contributed by atoms with Crippen LogP contribution in [0, 0.1) is 0 Å². The monoisotopic (exact) mass is 487 g/mol. The highest BCUT2D eigenvalue weighted by Crippen LogP contribution is 2.47. The minimum absolute atomic E-state index is 0.179. The highest BCUT2D eigenvalue weighted by atomic mass is 16.5. The van der Waals surface area contributed by atoms with Crippen LogP contribution >= 0.6 is 0 Å². The normalized spacial score (nSPS) is 22.7. The SMILES string of the molecule is CC1=C(c2cccc(O)c2)C(c2ccc(OCC(C)N3CCC(C)(O)C3)cc2)Oc2ccc(O)cc21. The van der Waals surface area contributed by atoms with Crippen LogP contribution in [0.5, 0.6) is 23.0 Å². The van der Waals surface area contributed by atoms with Gasteiger partial charge in [-0.15, -0.1) is 0 Å². The number of allylic oxidation sites excluding steroid dienone is 1. The molecular formula is C30H33NO5. The standard InChI is InChI=1S/C30H33NO5/c1-19(31-14-13-30(3,34)18-31)17-35-25-10-7-21(8-11-25)29-28(22-5-4-6-23(32)15-22)20(2)26-16-24(33)9-12-27(26)36-29/h4-12,15-16,19,29,32-34H,13-14,17-18H2,1-3H3. The smallest absolute Gasteiger partial charge is 0.150 e. The van der Waals surface area contributed by atoms with Crippen molar-refractivity contribution in [1.82, 2.24) is 4.90 Å². The summed E-state index contributed by atoms with van der Waals surface area (Å²) in [7, 11) is 0. The second kappa shape index (κ2) is 9.52. The van der Waals surface area contributed by atoms with Crippen LogP contribution in [0.4, 0.5) is 0 Å². The van der Waals surface area contributed by atoms with Gasteiger partial charge in [-0.25, -0.2) is 0 Å². The van der Waals surface area contributed by atoms with Crippen molar-refractivity contribution < 1.29 is 24.8 Å². The molecule has 0 aliphatic carbocycles. The van der Waals surface area contributed by atoms with Gasteiger partial charge in [0.1, 0.15) is 35.7 Å². The molecule has 3 unspecified atom stereocenters. The molecule has 6 nitrogen and oxygen atoms in total. The summed E-state index contributed by atoms with van der Waals surface area (Å²) >= 11 is 0. The van der Waals surface area contributed by atoms with Crippen molar-refractivity contribution in [3.8, 4) is 23.0 Å². The van der Waals surface area contributed by atoms with Crippen molar-refractivity contribution in [2.45, 2.75) is 44.9 Å². The number of aromatic hydroxyl groups is 2. The third-order valence-electron chi connectivity index (χ3n) is 7.21. The average molecular weight is 488 g/mol. The maximum Gasteiger partial charge on any atom is 0.150 e. The van der Waals surface area contributed by atoms with Gasteiger partial charge in [0.05, 0.1) is 5.60 Å². The number of fused-ring (bicyclic) bond motifs is 1. The highest BCUT2D eigenvalue weighted by Gasteiger charge is 2.34. The first-order valence-corrected chi connectivity index (χ1v) is 12.4.